The lowest BCUT2D eigenvalue weighted by molar-refractivity contribution is -0.110. The first-order valence-electron chi connectivity index (χ1n) is 9.41. The van der Waals surface area contributed by atoms with Gasteiger partial charge in [-0.15, -0.1) is 0 Å². The Morgan fingerprint density at radius 3 is 2.60 bits per heavy atom. The summed E-state index contributed by atoms with van der Waals surface area (Å²) in [5, 5.41) is 8.03. The zero-order valence-electron chi connectivity index (χ0n) is 17.3. The number of aromatic nitrogens is 1. The van der Waals surface area contributed by atoms with Gasteiger partial charge in [-0.05, 0) is 63.1 Å². The summed E-state index contributed by atoms with van der Waals surface area (Å²) in [6.07, 6.45) is 1.26. The summed E-state index contributed by atoms with van der Waals surface area (Å²) in [5.74, 6) is -0.234. The van der Waals surface area contributed by atoms with Gasteiger partial charge in [0, 0.05) is 35.4 Å². The Labute approximate surface area is 174 Å². The molecule has 0 fully saturated rings. The van der Waals surface area contributed by atoms with Crippen molar-refractivity contribution >= 4 is 40.6 Å². The Morgan fingerprint density at radius 1 is 1.20 bits per heavy atom. The van der Waals surface area contributed by atoms with Gasteiger partial charge in [0.05, 0.1) is 5.57 Å². The number of ether oxygens (including phenoxy) is 1. The first-order valence-corrected chi connectivity index (χ1v) is 9.41. The maximum atomic E-state index is 12.6. The molecule has 1 aliphatic rings. The van der Waals surface area contributed by atoms with Gasteiger partial charge in [-0.2, -0.15) is 0 Å². The molecule has 0 bridgehead atoms. The normalized spacial score (nSPS) is 14.6. The van der Waals surface area contributed by atoms with Crippen LogP contribution >= 0.6 is 0 Å². The van der Waals surface area contributed by atoms with Gasteiger partial charge < -0.3 is 31.4 Å². The van der Waals surface area contributed by atoms with E-state index in [1.54, 1.807) is 45.2 Å². The number of aromatic amines is 1. The standard InChI is InChI=1S/C21H25N5O4/c1-11(16-7-12(9-23-16)10-24-20(29)30-21(2,3)4)17-14-8-13(25-19(22)28)5-6-15(14)26-18(17)27/h5-9,23H,10H2,1-4H3,(H,24,29)(H,26,27)(H3,22,25,28). The van der Waals surface area contributed by atoms with Gasteiger partial charge in [-0.25, -0.2) is 9.59 Å². The number of hydrogen-bond donors (Lipinski definition) is 5. The van der Waals surface area contributed by atoms with E-state index in [1.165, 1.54) is 0 Å². The molecule has 1 aliphatic heterocycles. The van der Waals surface area contributed by atoms with Gasteiger partial charge in [-0.3, -0.25) is 4.79 Å². The topological polar surface area (TPSA) is 138 Å². The van der Waals surface area contributed by atoms with E-state index in [2.05, 4.69) is 20.9 Å². The third-order valence-electron chi connectivity index (χ3n) is 4.39. The fraction of sp³-hybridized carbons (Fsp3) is 0.286. The molecule has 2 aromatic rings. The SMILES string of the molecule is CC(=C1C(=O)Nc2ccc(NC(N)=O)cc21)c1cc(CNC(=O)OC(C)(C)C)c[nH]1. The van der Waals surface area contributed by atoms with Crippen molar-refractivity contribution in [3.63, 3.8) is 0 Å². The van der Waals surface area contributed by atoms with Crippen molar-refractivity contribution in [2.24, 2.45) is 5.73 Å². The van der Waals surface area contributed by atoms with Gasteiger partial charge in [0.2, 0.25) is 0 Å². The monoisotopic (exact) mass is 411 g/mol. The minimum Gasteiger partial charge on any atom is -0.444 e. The zero-order chi connectivity index (χ0) is 22.1. The highest BCUT2D eigenvalue weighted by atomic mass is 16.6. The van der Waals surface area contributed by atoms with Crippen LogP contribution < -0.4 is 21.7 Å². The molecule has 0 saturated carbocycles. The highest BCUT2D eigenvalue weighted by molar-refractivity contribution is 6.36. The summed E-state index contributed by atoms with van der Waals surface area (Å²) in [6, 6.07) is 6.25. The molecule has 0 unspecified atom stereocenters. The third-order valence-corrected chi connectivity index (χ3v) is 4.39. The number of benzene rings is 1. The largest absolute Gasteiger partial charge is 0.444 e. The molecule has 3 rings (SSSR count). The summed E-state index contributed by atoms with van der Waals surface area (Å²) >= 11 is 0. The molecular weight excluding hydrogens is 386 g/mol. The van der Waals surface area contributed by atoms with Crippen LogP contribution in [0, 0.1) is 0 Å². The molecule has 6 N–H and O–H groups in total. The predicted molar refractivity (Wildman–Crippen MR) is 115 cm³/mol. The Kier molecular flexibility index (Phi) is 5.55. The number of amides is 4. The summed E-state index contributed by atoms with van der Waals surface area (Å²) in [6.45, 7) is 7.50. The second-order valence-electron chi connectivity index (χ2n) is 7.98. The van der Waals surface area contributed by atoms with Crippen LogP contribution in [0.1, 0.15) is 44.5 Å². The quantitative estimate of drug-likeness (QED) is 0.492. The molecule has 0 spiro atoms. The second-order valence-corrected chi connectivity index (χ2v) is 7.98. The number of carbonyl (C=O) groups excluding carboxylic acids is 3. The number of urea groups is 1. The number of primary amides is 1. The van der Waals surface area contributed by atoms with E-state index in [-0.39, 0.29) is 12.5 Å². The van der Waals surface area contributed by atoms with Crippen LogP contribution in [0.5, 0.6) is 0 Å². The molecule has 1 aromatic carbocycles. The van der Waals surface area contributed by atoms with E-state index in [9.17, 15) is 14.4 Å². The van der Waals surface area contributed by atoms with Crippen LogP contribution in [-0.2, 0) is 16.1 Å². The van der Waals surface area contributed by atoms with Crippen LogP contribution in [0.2, 0.25) is 0 Å². The van der Waals surface area contributed by atoms with E-state index in [1.807, 2.05) is 13.0 Å². The van der Waals surface area contributed by atoms with Crippen LogP contribution in [0.15, 0.2) is 30.5 Å². The molecule has 0 aliphatic carbocycles. The van der Waals surface area contributed by atoms with Crippen molar-refractivity contribution in [3.05, 3.63) is 47.3 Å². The number of anilines is 2. The van der Waals surface area contributed by atoms with E-state index < -0.39 is 17.7 Å². The minimum absolute atomic E-state index is 0.234. The second kappa shape index (κ2) is 7.94. The van der Waals surface area contributed by atoms with Crippen molar-refractivity contribution in [2.75, 3.05) is 10.6 Å². The van der Waals surface area contributed by atoms with Crippen LogP contribution in [-0.4, -0.2) is 28.6 Å². The molecule has 2 heterocycles. The lowest BCUT2D eigenvalue weighted by atomic mass is 9.99. The van der Waals surface area contributed by atoms with Gasteiger partial charge in [0.15, 0.2) is 0 Å². The van der Waals surface area contributed by atoms with Gasteiger partial charge in [0.1, 0.15) is 5.60 Å². The number of hydrogen-bond acceptors (Lipinski definition) is 4. The lowest BCUT2D eigenvalue weighted by Gasteiger charge is -2.19. The van der Waals surface area contributed by atoms with Crippen molar-refractivity contribution < 1.29 is 19.1 Å². The molecule has 9 nitrogen and oxygen atoms in total. The molecule has 158 valence electrons. The average Bonchev–Trinajstić information content (AvgIpc) is 3.21. The molecule has 0 atom stereocenters. The number of allylic oxidation sites excluding steroid dienone is 1. The number of H-pyrrole nitrogens is 1. The highest BCUT2D eigenvalue weighted by Gasteiger charge is 2.27. The summed E-state index contributed by atoms with van der Waals surface area (Å²) in [7, 11) is 0. The van der Waals surface area contributed by atoms with Crippen LogP contribution in [0.4, 0.5) is 21.0 Å². The first kappa shape index (κ1) is 21.0. The maximum absolute atomic E-state index is 12.6. The molecular formula is C21H25N5O4. The van der Waals surface area contributed by atoms with Crippen molar-refractivity contribution in [1.29, 1.82) is 0 Å². The fourth-order valence-electron chi connectivity index (χ4n) is 3.14. The number of alkyl carbamates (subject to hydrolysis) is 1. The maximum Gasteiger partial charge on any atom is 0.407 e. The Balaban J connectivity index is 1.81. The number of nitrogens with one attached hydrogen (secondary N) is 4. The molecule has 1 aromatic heterocycles. The van der Waals surface area contributed by atoms with Crippen molar-refractivity contribution in [1.82, 2.24) is 10.3 Å². The van der Waals surface area contributed by atoms with E-state index in [0.717, 1.165) is 16.8 Å². The van der Waals surface area contributed by atoms with Gasteiger partial charge in [-0.1, -0.05) is 0 Å². The number of nitrogens with two attached hydrogens (primary N) is 1. The van der Waals surface area contributed by atoms with Gasteiger partial charge >= 0.3 is 12.1 Å². The number of carbonyl (C=O) groups is 3. The molecule has 4 amide bonds. The first-order chi connectivity index (χ1) is 14.0. The summed E-state index contributed by atoms with van der Waals surface area (Å²) in [5.41, 5.74) is 9.23. The Morgan fingerprint density at radius 2 is 1.93 bits per heavy atom. The molecule has 9 heteroatoms. The molecule has 0 radical (unpaired) electrons. The number of fused-ring (bicyclic) bond motifs is 1. The lowest BCUT2D eigenvalue weighted by Crippen LogP contribution is -2.32. The summed E-state index contributed by atoms with van der Waals surface area (Å²) < 4.78 is 5.23. The molecule has 30 heavy (non-hydrogen) atoms. The third kappa shape index (κ3) is 4.80. The zero-order valence-corrected chi connectivity index (χ0v) is 17.3. The highest BCUT2D eigenvalue weighted by Crippen LogP contribution is 2.38. The van der Waals surface area contributed by atoms with E-state index >= 15 is 0 Å². The fourth-order valence-corrected chi connectivity index (χ4v) is 3.14. The van der Waals surface area contributed by atoms with Gasteiger partial charge in [0.25, 0.3) is 5.91 Å². The number of rotatable bonds is 4. The van der Waals surface area contributed by atoms with E-state index in [4.69, 9.17) is 10.5 Å². The summed E-state index contributed by atoms with van der Waals surface area (Å²) in [4.78, 5) is 38.7. The average molecular weight is 411 g/mol. The van der Waals surface area contributed by atoms with Crippen molar-refractivity contribution in [3.8, 4) is 0 Å². The Bertz CT molecular complexity index is 1050. The van der Waals surface area contributed by atoms with E-state index in [0.29, 0.717) is 22.5 Å². The van der Waals surface area contributed by atoms with Crippen LogP contribution in [0.25, 0.3) is 11.1 Å². The van der Waals surface area contributed by atoms with Crippen molar-refractivity contribution in [2.45, 2.75) is 39.8 Å². The smallest absolute Gasteiger partial charge is 0.407 e. The van der Waals surface area contributed by atoms with Crippen LogP contribution in [0.3, 0.4) is 0 Å². The predicted octanol–water partition coefficient (Wildman–Crippen LogP) is 3.41. The minimum atomic E-state index is -0.680. The molecule has 0 saturated heterocycles. The Hall–Kier alpha value is -3.75.